The molecule has 0 radical (unpaired) electrons. The maximum Gasteiger partial charge on any atom is 0.261 e. The van der Waals surface area contributed by atoms with Crippen LogP contribution in [0.2, 0.25) is 0 Å². The van der Waals surface area contributed by atoms with Gasteiger partial charge in [-0.1, -0.05) is 60.7 Å². The summed E-state index contributed by atoms with van der Waals surface area (Å²) in [6.45, 7) is 7.78. The fourth-order valence-electron chi connectivity index (χ4n) is 4.14. The summed E-state index contributed by atoms with van der Waals surface area (Å²) >= 11 is 0. The lowest BCUT2D eigenvalue weighted by atomic mass is 9.98. The Morgan fingerprint density at radius 1 is 0.750 bits per heavy atom. The zero-order chi connectivity index (χ0) is 22.8. The minimum atomic E-state index is -0.407. The van der Waals surface area contributed by atoms with Crippen LogP contribution in [0.25, 0.3) is 16.9 Å². The molecule has 0 atom stereocenters. The van der Waals surface area contributed by atoms with E-state index < -0.39 is 5.91 Å². The number of aryl methyl sites for hydroxylation is 4. The van der Waals surface area contributed by atoms with Crippen molar-refractivity contribution >= 4 is 11.6 Å². The molecular formula is C28H26N2O2. The standard InChI is InChI=1S/C28H26N2O2/c1-18-11-8-9-16-23(18)27-25(28(32)29-26-19(2)12-10-13-20(26)3)24(31)17-21(4)30(27)22-14-6-5-7-15-22/h5-17H,1-4H3,(H,29,32). The molecule has 4 nitrogen and oxygen atoms in total. The molecule has 0 aliphatic heterocycles. The first kappa shape index (κ1) is 21.3. The van der Waals surface area contributed by atoms with Crippen molar-refractivity contribution in [2.24, 2.45) is 0 Å². The molecule has 0 fully saturated rings. The number of para-hydroxylation sites is 2. The molecule has 1 amide bonds. The van der Waals surface area contributed by atoms with Crippen LogP contribution in [-0.4, -0.2) is 10.5 Å². The number of hydrogen-bond acceptors (Lipinski definition) is 2. The Kier molecular flexibility index (Phi) is 5.78. The fourth-order valence-corrected chi connectivity index (χ4v) is 4.14. The number of benzene rings is 3. The molecule has 1 heterocycles. The summed E-state index contributed by atoms with van der Waals surface area (Å²) in [7, 11) is 0. The monoisotopic (exact) mass is 422 g/mol. The number of anilines is 1. The molecule has 0 unspecified atom stereocenters. The van der Waals surface area contributed by atoms with Crippen LogP contribution >= 0.6 is 0 Å². The van der Waals surface area contributed by atoms with Gasteiger partial charge in [0.05, 0.1) is 5.69 Å². The molecule has 0 bridgehead atoms. The van der Waals surface area contributed by atoms with E-state index in [1.54, 1.807) is 0 Å². The van der Waals surface area contributed by atoms with E-state index in [2.05, 4.69) is 5.32 Å². The van der Waals surface area contributed by atoms with E-state index >= 15 is 0 Å². The molecule has 1 aromatic heterocycles. The zero-order valence-corrected chi connectivity index (χ0v) is 18.8. The Labute approximate surface area is 188 Å². The molecule has 3 aromatic carbocycles. The minimum Gasteiger partial charge on any atom is -0.321 e. The van der Waals surface area contributed by atoms with Crippen molar-refractivity contribution in [1.82, 2.24) is 4.57 Å². The SMILES string of the molecule is Cc1ccccc1-c1c(C(=O)Nc2c(C)cccc2C)c(=O)cc(C)n1-c1ccccc1. The number of hydrogen-bond donors (Lipinski definition) is 1. The summed E-state index contributed by atoms with van der Waals surface area (Å²) in [4.78, 5) is 26.9. The molecule has 4 aromatic rings. The molecule has 0 aliphatic carbocycles. The molecule has 4 rings (SSSR count). The minimum absolute atomic E-state index is 0.136. The number of rotatable bonds is 4. The maximum atomic E-state index is 13.6. The van der Waals surface area contributed by atoms with Crippen molar-refractivity contribution < 1.29 is 4.79 Å². The molecule has 0 aliphatic rings. The first-order valence-electron chi connectivity index (χ1n) is 10.6. The van der Waals surface area contributed by atoms with E-state index in [4.69, 9.17) is 0 Å². The second kappa shape index (κ2) is 8.67. The Bertz CT molecular complexity index is 1350. The number of nitrogens with zero attached hydrogens (tertiary/aromatic N) is 1. The van der Waals surface area contributed by atoms with Crippen LogP contribution in [0.3, 0.4) is 0 Å². The van der Waals surface area contributed by atoms with Gasteiger partial charge in [-0.15, -0.1) is 0 Å². The molecule has 32 heavy (non-hydrogen) atoms. The van der Waals surface area contributed by atoms with E-state index in [0.717, 1.165) is 39.3 Å². The number of amides is 1. The van der Waals surface area contributed by atoms with Crippen molar-refractivity contribution in [1.29, 1.82) is 0 Å². The third-order valence-corrected chi connectivity index (χ3v) is 5.76. The lowest BCUT2D eigenvalue weighted by Gasteiger charge is -2.22. The Hall–Kier alpha value is -3.92. The topological polar surface area (TPSA) is 51.1 Å². The van der Waals surface area contributed by atoms with Crippen molar-refractivity contribution in [2.45, 2.75) is 27.7 Å². The van der Waals surface area contributed by atoms with Crippen LogP contribution < -0.4 is 10.7 Å². The summed E-state index contributed by atoms with van der Waals surface area (Å²) < 4.78 is 1.99. The Balaban J connectivity index is 2.02. The Morgan fingerprint density at radius 3 is 2.00 bits per heavy atom. The van der Waals surface area contributed by atoms with E-state index in [-0.39, 0.29) is 11.0 Å². The quantitative estimate of drug-likeness (QED) is 0.439. The van der Waals surface area contributed by atoms with Gasteiger partial charge in [0.15, 0.2) is 5.43 Å². The zero-order valence-electron chi connectivity index (χ0n) is 18.8. The van der Waals surface area contributed by atoms with Crippen LogP contribution in [0.4, 0.5) is 5.69 Å². The third-order valence-electron chi connectivity index (χ3n) is 5.76. The van der Waals surface area contributed by atoms with Gasteiger partial charge in [0.1, 0.15) is 5.56 Å². The molecule has 0 saturated carbocycles. The highest BCUT2D eigenvalue weighted by molar-refractivity contribution is 6.09. The molecule has 4 heteroatoms. The van der Waals surface area contributed by atoms with E-state index in [1.807, 2.05) is 105 Å². The molecule has 0 saturated heterocycles. The Morgan fingerprint density at radius 2 is 1.34 bits per heavy atom. The summed E-state index contributed by atoms with van der Waals surface area (Å²) in [5, 5.41) is 3.01. The molecule has 160 valence electrons. The highest BCUT2D eigenvalue weighted by Crippen LogP contribution is 2.30. The fraction of sp³-hybridized carbons (Fsp3) is 0.143. The van der Waals surface area contributed by atoms with Crippen LogP contribution in [0, 0.1) is 27.7 Å². The summed E-state index contributed by atoms with van der Waals surface area (Å²) in [5.74, 6) is -0.407. The summed E-state index contributed by atoms with van der Waals surface area (Å²) in [6, 6.07) is 25.0. The van der Waals surface area contributed by atoms with Crippen LogP contribution in [0.1, 0.15) is 32.7 Å². The van der Waals surface area contributed by atoms with Gasteiger partial charge in [-0.05, 0) is 56.5 Å². The number of pyridine rings is 1. The van der Waals surface area contributed by atoms with Crippen LogP contribution in [0.15, 0.2) is 83.7 Å². The number of carbonyl (C=O) groups excluding carboxylic acids is 1. The predicted molar refractivity (Wildman–Crippen MR) is 131 cm³/mol. The van der Waals surface area contributed by atoms with E-state index in [9.17, 15) is 9.59 Å². The van der Waals surface area contributed by atoms with Crippen molar-refractivity contribution in [3.63, 3.8) is 0 Å². The first-order valence-corrected chi connectivity index (χ1v) is 10.6. The van der Waals surface area contributed by atoms with Gasteiger partial charge in [0.2, 0.25) is 0 Å². The molecule has 1 N–H and O–H groups in total. The normalized spacial score (nSPS) is 10.8. The van der Waals surface area contributed by atoms with Crippen molar-refractivity contribution in [3.8, 4) is 16.9 Å². The second-order valence-corrected chi connectivity index (χ2v) is 8.08. The van der Waals surface area contributed by atoms with Crippen LogP contribution in [0.5, 0.6) is 0 Å². The molecule has 0 spiro atoms. The van der Waals surface area contributed by atoms with E-state index in [0.29, 0.717) is 5.69 Å². The summed E-state index contributed by atoms with van der Waals surface area (Å²) in [6.07, 6.45) is 0. The smallest absolute Gasteiger partial charge is 0.261 e. The van der Waals surface area contributed by atoms with E-state index in [1.165, 1.54) is 6.07 Å². The number of nitrogens with one attached hydrogen (secondary N) is 1. The summed E-state index contributed by atoms with van der Waals surface area (Å²) in [5.41, 5.74) is 6.58. The van der Waals surface area contributed by atoms with Gasteiger partial charge in [-0.3, -0.25) is 9.59 Å². The highest BCUT2D eigenvalue weighted by atomic mass is 16.2. The van der Waals surface area contributed by atoms with Gasteiger partial charge in [-0.2, -0.15) is 0 Å². The molecular weight excluding hydrogens is 396 g/mol. The van der Waals surface area contributed by atoms with Gasteiger partial charge in [-0.25, -0.2) is 0 Å². The highest BCUT2D eigenvalue weighted by Gasteiger charge is 2.24. The van der Waals surface area contributed by atoms with Crippen molar-refractivity contribution in [2.75, 3.05) is 5.32 Å². The van der Waals surface area contributed by atoms with Crippen LogP contribution in [-0.2, 0) is 0 Å². The average Bonchev–Trinajstić information content (AvgIpc) is 2.77. The third kappa shape index (κ3) is 3.87. The lowest BCUT2D eigenvalue weighted by molar-refractivity contribution is 0.102. The number of carbonyl (C=O) groups is 1. The predicted octanol–water partition coefficient (Wildman–Crippen LogP) is 5.99. The second-order valence-electron chi connectivity index (χ2n) is 8.08. The first-order chi connectivity index (χ1) is 15.4. The van der Waals surface area contributed by atoms with Gasteiger partial charge >= 0.3 is 0 Å². The average molecular weight is 423 g/mol. The van der Waals surface area contributed by atoms with Gasteiger partial charge in [0, 0.05) is 28.7 Å². The van der Waals surface area contributed by atoms with Gasteiger partial charge in [0.25, 0.3) is 5.91 Å². The largest absolute Gasteiger partial charge is 0.321 e. The van der Waals surface area contributed by atoms with Gasteiger partial charge < -0.3 is 9.88 Å². The number of aromatic nitrogens is 1. The van der Waals surface area contributed by atoms with Crippen molar-refractivity contribution in [3.05, 3.63) is 117 Å². The lowest BCUT2D eigenvalue weighted by Crippen LogP contribution is -2.27. The maximum absolute atomic E-state index is 13.6.